The second-order valence-corrected chi connectivity index (χ2v) is 6.14. The Morgan fingerprint density at radius 1 is 1.35 bits per heavy atom. The minimum atomic E-state index is 0.0680. The number of carbonyl (C=O) groups excluding carboxylic acids is 1. The zero-order chi connectivity index (χ0) is 13.9. The predicted molar refractivity (Wildman–Crippen MR) is 78.9 cm³/mol. The van der Waals surface area contributed by atoms with E-state index in [2.05, 4.69) is 10.3 Å². The average Bonchev–Trinajstić information content (AvgIpc) is 3.30. The van der Waals surface area contributed by atoms with E-state index < -0.39 is 0 Å². The van der Waals surface area contributed by atoms with Crippen LogP contribution < -0.4 is 5.32 Å². The van der Waals surface area contributed by atoms with Gasteiger partial charge in [-0.05, 0) is 50.8 Å². The van der Waals surface area contributed by atoms with Crippen molar-refractivity contribution >= 4 is 17.5 Å². The van der Waals surface area contributed by atoms with E-state index in [0.717, 1.165) is 45.3 Å². The summed E-state index contributed by atoms with van der Waals surface area (Å²) in [6, 6.07) is 2.14. The van der Waals surface area contributed by atoms with Crippen LogP contribution in [0.3, 0.4) is 0 Å². The van der Waals surface area contributed by atoms with E-state index in [9.17, 15) is 4.79 Å². The van der Waals surface area contributed by atoms with E-state index in [1.165, 1.54) is 0 Å². The van der Waals surface area contributed by atoms with Crippen molar-refractivity contribution in [2.75, 3.05) is 19.6 Å². The predicted octanol–water partition coefficient (Wildman–Crippen LogP) is 2.34. The SMILES string of the molecule is O=C(c1ccncc1Cl)N(CC1CCNCC1)C1CC1. The highest BCUT2D eigenvalue weighted by Crippen LogP contribution is 2.31. The van der Waals surface area contributed by atoms with Gasteiger partial charge in [0.2, 0.25) is 0 Å². The number of aromatic nitrogens is 1. The molecule has 2 fully saturated rings. The molecular weight excluding hydrogens is 274 g/mol. The summed E-state index contributed by atoms with van der Waals surface area (Å²) in [4.78, 5) is 18.7. The second kappa shape index (κ2) is 6.10. The van der Waals surface area contributed by atoms with Gasteiger partial charge in [-0.25, -0.2) is 0 Å². The van der Waals surface area contributed by atoms with Gasteiger partial charge in [-0.2, -0.15) is 0 Å². The van der Waals surface area contributed by atoms with Gasteiger partial charge >= 0.3 is 0 Å². The van der Waals surface area contributed by atoms with E-state index in [-0.39, 0.29) is 5.91 Å². The van der Waals surface area contributed by atoms with Crippen LogP contribution in [-0.2, 0) is 0 Å². The normalized spacial score (nSPS) is 19.9. The van der Waals surface area contributed by atoms with Crippen LogP contribution in [0, 0.1) is 5.92 Å². The molecule has 0 radical (unpaired) electrons. The highest BCUT2D eigenvalue weighted by Gasteiger charge is 2.35. The van der Waals surface area contributed by atoms with Crippen molar-refractivity contribution in [2.24, 2.45) is 5.92 Å². The molecule has 0 unspecified atom stereocenters. The minimum Gasteiger partial charge on any atom is -0.335 e. The number of hydrogen-bond acceptors (Lipinski definition) is 3. The van der Waals surface area contributed by atoms with Crippen LogP contribution in [0.5, 0.6) is 0 Å². The molecule has 3 rings (SSSR count). The molecule has 0 atom stereocenters. The van der Waals surface area contributed by atoms with Crippen molar-refractivity contribution in [3.05, 3.63) is 29.0 Å². The van der Waals surface area contributed by atoms with E-state index in [0.29, 0.717) is 22.5 Å². The number of piperidine rings is 1. The number of amides is 1. The van der Waals surface area contributed by atoms with Crippen molar-refractivity contribution in [2.45, 2.75) is 31.7 Å². The Kier molecular flexibility index (Phi) is 4.22. The first kappa shape index (κ1) is 13.8. The smallest absolute Gasteiger partial charge is 0.255 e. The summed E-state index contributed by atoms with van der Waals surface area (Å²) in [7, 11) is 0. The summed E-state index contributed by atoms with van der Waals surface area (Å²) < 4.78 is 0. The molecule has 1 aromatic rings. The summed E-state index contributed by atoms with van der Waals surface area (Å²) in [5.74, 6) is 0.680. The summed E-state index contributed by atoms with van der Waals surface area (Å²) >= 11 is 6.11. The van der Waals surface area contributed by atoms with Gasteiger partial charge in [0.15, 0.2) is 0 Å². The van der Waals surface area contributed by atoms with E-state index >= 15 is 0 Å². The summed E-state index contributed by atoms with van der Waals surface area (Å²) in [5, 5.41) is 3.82. The maximum Gasteiger partial charge on any atom is 0.255 e. The van der Waals surface area contributed by atoms with Gasteiger partial charge in [-0.1, -0.05) is 11.6 Å². The quantitative estimate of drug-likeness (QED) is 0.927. The van der Waals surface area contributed by atoms with Crippen LogP contribution >= 0.6 is 11.6 Å². The Balaban J connectivity index is 1.73. The molecule has 1 aliphatic heterocycles. The lowest BCUT2D eigenvalue weighted by Gasteiger charge is -2.30. The van der Waals surface area contributed by atoms with Crippen molar-refractivity contribution in [3.8, 4) is 0 Å². The first-order chi connectivity index (χ1) is 9.75. The zero-order valence-corrected chi connectivity index (χ0v) is 12.3. The van der Waals surface area contributed by atoms with Crippen LogP contribution in [0.15, 0.2) is 18.5 Å². The third-order valence-corrected chi connectivity index (χ3v) is 4.47. The highest BCUT2D eigenvalue weighted by atomic mass is 35.5. The molecule has 2 aliphatic rings. The lowest BCUT2D eigenvalue weighted by molar-refractivity contribution is 0.0701. The van der Waals surface area contributed by atoms with Crippen molar-refractivity contribution < 1.29 is 4.79 Å². The van der Waals surface area contributed by atoms with Crippen molar-refractivity contribution in [3.63, 3.8) is 0 Å². The highest BCUT2D eigenvalue weighted by molar-refractivity contribution is 6.33. The van der Waals surface area contributed by atoms with Crippen molar-refractivity contribution in [1.82, 2.24) is 15.2 Å². The van der Waals surface area contributed by atoms with Gasteiger partial charge in [-0.15, -0.1) is 0 Å². The van der Waals surface area contributed by atoms with Gasteiger partial charge in [-0.3, -0.25) is 9.78 Å². The fourth-order valence-corrected chi connectivity index (χ4v) is 3.03. The molecule has 1 saturated heterocycles. The number of nitrogens with zero attached hydrogens (tertiary/aromatic N) is 2. The van der Waals surface area contributed by atoms with Crippen LogP contribution in [0.25, 0.3) is 0 Å². The number of halogens is 1. The fraction of sp³-hybridized carbons (Fsp3) is 0.600. The molecule has 108 valence electrons. The molecule has 4 nitrogen and oxygen atoms in total. The molecule has 1 aromatic heterocycles. The largest absolute Gasteiger partial charge is 0.335 e. The monoisotopic (exact) mass is 293 g/mol. The van der Waals surface area contributed by atoms with E-state index in [4.69, 9.17) is 11.6 Å². The van der Waals surface area contributed by atoms with E-state index in [1.807, 2.05) is 4.90 Å². The third-order valence-electron chi connectivity index (χ3n) is 4.16. The Morgan fingerprint density at radius 2 is 2.10 bits per heavy atom. The third kappa shape index (κ3) is 3.13. The maximum absolute atomic E-state index is 12.7. The Morgan fingerprint density at radius 3 is 2.75 bits per heavy atom. The molecule has 0 bridgehead atoms. The number of nitrogens with one attached hydrogen (secondary N) is 1. The number of carbonyl (C=O) groups is 1. The summed E-state index contributed by atoms with van der Waals surface area (Å²) in [6.07, 6.45) is 7.74. The van der Waals surface area contributed by atoms with Gasteiger partial charge in [0, 0.05) is 25.0 Å². The number of hydrogen-bond donors (Lipinski definition) is 1. The molecular formula is C15H20ClN3O. The first-order valence-electron chi connectivity index (χ1n) is 7.37. The molecule has 1 saturated carbocycles. The Labute approximate surface area is 124 Å². The average molecular weight is 294 g/mol. The number of pyridine rings is 1. The van der Waals surface area contributed by atoms with Crippen molar-refractivity contribution in [1.29, 1.82) is 0 Å². The molecule has 20 heavy (non-hydrogen) atoms. The molecule has 2 heterocycles. The maximum atomic E-state index is 12.7. The second-order valence-electron chi connectivity index (χ2n) is 5.74. The Bertz CT molecular complexity index is 484. The summed E-state index contributed by atoms with van der Waals surface area (Å²) in [5.41, 5.74) is 0.586. The molecule has 1 N–H and O–H groups in total. The van der Waals surface area contributed by atoms with Crippen LogP contribution in [0.1, 0.15) is 36.0 Å². The van der Waals surface area contributed by atoms with Gasteiger partial charge in [0.1, 0.15) is 0 Å². The molecule has 1 amide bonds. The molecule has 0 aromatic carbocycles. The summed E-state index contributed by atoms with van der Waals surface area (Å²) in [6.45, 7) is 2.99. The standard InChI is InChI=1S/C15H20ClN3O/c16-14-9-18-8-5-13(14)15(20)19(12-1-2-12)10-11-3-6-17-7-4-11/h5,8-9,11-12,17H,1-4,6-7,10H2. The fourth-order valence-electron chi connectivity index (χ4n) is 2.83. The lowest BCUT2D eigenvalue weighted by Crippen LogP contribution is -2.40. The van der Waals surface area contributed by atoms with Crippen LogP contribution in [0.2, 0.25) is 5.02 Å². The van der Waals surface area contributed by atoms with Crippen LogP contribution in [-0.4, -0.2) is 41.5 Å². The van der Waals surface area contributed by atoms with E-state index in [1.54, 1.807) is 18.5 Å². The van der Waals surface area contributed by atoms with Gasteiger partial charge in [0.05, 0.1) is 10.6 Å². The Hall–Kier alpha value is -1.13. The van der Waals surface area contributed by atoms with Crippen LogP contribution in [0.4, 0.5) is 0 Å². The molecule has 1 aliphatic carbocycles. The van der Waals surface area contributed by atoms with Gasteiger partial charge in [0.25, 0.3) is 5.91 Å². The minimum absolute atomic E-state index is 0.0680. The molecule has 0 spiro atoms. The van der Waals surface area contributed by atoms with Gasteiger partial charge < -0.3 is 10.2 Å². The zero-order valence-electron chi connectivity index (χ0n) is 11.5. The number of rotatable bonds is 4. The first-order valence-corrected chi connectivity index (χ1v) is 7.74. The lowest BCUT2D eigenvalue weighted by atomic mass is 9.97. The molecule has 5 heteroatoms. The topological polar surface area (TPSA) is 45.2 Å².